The summed E-state index contributed by atoms with van der Waals surface area (Å²) in [4.78, 5) is 2.11. The minimum absolute atomic E-state index is 0.263. The zero-order chi connectivity index (χ0) is 18.4. The van der Waals surface area contributed by atoms with Crippen molar-refractivity contribution in [2.24, 2.45) is 5.73 Å². The van der Waals surface area contributed by atoms with Crippen LogP contribution in [0.2, 0.25) is 0 Å². The molecule has 0 aromatic heterocycles. The second-order valence-electron chi connectivity index (χ2n) is 6.69. The molecule has 3 heteroatoms. The van der Waals surface area contributed by atoms with Crippen LogP contribution in [0.25, 0.3) is 0 Å². The molecule has 0 heterocycles. The topological polar surface area (TPSA) is 38.5 Å². The van der Waals surface area contributed by atoms with E-state index in [1.165, 1.54) is 16.8 Å². The maximum atomic E-state index is 6.08. The lowest BCUT2D eigenvalue weighted by atomic mass is 9.92. The van der Waals surface area contributed by atoms with E-state index in [4.69, 9.17) is 10.5 Å². The Bertz CT molecular complexity index is 813. The molecular weight excluding hydrogens is 320 g/mol. The molecule has 0 radical (unpaired) electrons. The van der Waals surface area contributed by atoms with Crippen molar-refractivity contribution in [2.75, 3.05) is 25.5 Å². The highest BCUT2D eigenvalue weighted by atomic mass is 16.5. The van der Waals surface area contributed by atoms with Crippen LogP contribution in [-0.2, 0) is 6.42 Å². The highest BCUT2D eigenvalue weighted by Crippen LogP contribution is 2.27. The summed E-state index contributed by atoms with van der Waals surface area (Å²) in [6.07, 6.45) is 0.916. The van der Waals surface area contributed by atoms with Crippen molar-refractivity contribution < 1.29 is 4.74 Å². The van der Waals surface area contributed by atoms with Crippen LogP contribution in [-0.4, -0.2) is 20.6 Å². The summed E-state index contributed by atoms with van der Waals surface area (Å²) < 4.78 is 5.96. The molecule has 0 aliphatic rings. The number of ether oxygens (including phenoxy) is 1. The second kappa shape index (κ2) is 8.54. The fraction of sp³-hybridized carbons (Fsp3) is 0.217. The van der Waals surface area contributed by atoms with Crippen LogP contribution in [0.15, 0.2) is 78.9 Å². The van der Waals surface area contributed by atoms with Crippen LogP contribution in [0.5, 0.6) is 11.5 Å². The maximum Gasteiger partial charge on any atom is 0.127 e. The summed E-state index contributed by atoms with van der Waals surface area (Å²) in [5.41, 5.74) is 9.79. The molecule has 1 atom stereocenters. The third-order valence-corrected chi connectivity index (χ3v) is 4.53. The van der Waals surface area contributed by atoms with Crippen molar-refractivity contribution in [3.8, 4) is 11.5 Å². The van der Waals surface area contributed by atoms with Crippen LogP contribution in [0.3, 0.4) is 0 Å². The van der Waals surface area contributed by atoms with Gasteiger partial charge in [-0.2, -0.15) is 0 Å². The molecule has 0 aliphatic carbocycles. The Kier molecular flexibility index (Phi) is 5.92. The van der Waals surface area contributed by atoms with Gasteiger partial charge in [0.05, 0.1) is 0 Å². The zero-order valence-corrected chi connectivity index (χ0v) is 15.4. The summed E-state index contributed by atoms with van der Waals surface area (Å²) in [7, 11) is 4.10. The summed E-state index contributed by atoms with van der Waals surface area (Å²) in [6.45, 7) is 0.601. The van der Waals surface area contributed by atoms with Gasteiger partial charge >= 0.3 is 0 Å². The van der Waals surface area contributed by atoms with E-state index in [2.05, 4.69) is 55.4 Å². The van der Waals surface area contributed by atoms with Crippen molar-refractivity contribution >= 4 is 5.69 Å². The predicted octanol–water partition coefficient (Wildman–Crippen LogP) is 4.83. The lowest BCUT2D eigenvalue weighted by Gasteiger charge is -2.18. The van der Waals surface area contributed by atoms with Gasteiger partial charge in [-0.1, -0.05) is 42.5 Å². The average molecular weight is 346 g/mol. The predicted molar refractivity (Wildman–Crippen MR) is 109 cm³/mol. The first-order valence-corrected chi connectivity index (χ1v) is 8.95. The number of hydrogen-bond donors (Lipinski definition) is 1. The fourth-order valence-electron chi connectivity index (χ4n) is 3.01. The SMILES string of the molecule is CN(C)c1ccc(CC(CN)c2cccc(Oc3ccccc3)c2)cc1. The standard InChI is InChI=1S/C23H26N2O/c1-25(2)21-13-11-18(12-14-21)15-20(17-24)19-7-6-10-23(16-19)26-22-8-4-3-5-9-22/h3-14,16,20H,15,17,24H2,1-2H3. The van der Waals surface area contributed by atoms with Gasteiger partial charge in [0, 0.05) is 25.7 Å². The van der Waals surface area contributed by atoms with Crippen LogP contribution < -0.4 is 15.4 Å². The zero-order valence-electron chi connectivity index (χ0n) is 15.4. The van der Waals surface area contributed by atoms with E-state index in [9.17, 15) is 0 Å². The van der Waals surface area contributed by atoms with Crippen LogP contribution in [0.1, 0.15) is 17.0 Å². The fourth-order valence-corrected chi connectivity index (χ4v) is 3.01. The lowest BCUT2D eigenvalue weighted by molar-refractivity contribution is 0.481. The summed E-state index contributed by atoms with van der Waals surface area (Å²) in [6, 6.07) is 26.7. The highest BCUT2D eigenvalue weighted by molar-refractivity contribution is 5.46. The third-order valence-electron chi connectivity index (χ3n) is 4.53. The number of para-hydroxylation sites is 1. The average Bonchev–Trinajstić information content (AvgIpc) is 2.67. The quantitative estimate of drug-likeness (QED) is 0.666. The molecule has 26 heavy (non-hydrogen) atoms. The largest absolute Gasteiger partial charge is 0.457 e. The Hall–Kier alpha value is -2.78. The number of nitrogens with two attached hydrogens (primary N) is 1. The number of benzene rings is 3. The van der Waals surface area contributed by atoms with Crippen molar-refractivity contribution in [1.29, 1.82) is 0 Å². The minimum Gasteiger partial charge on any atom is -0.457 e. The number of anilines is 1. The van der Waals surface area contributed by atoms with E-state index in [1.807, 2.05) is 42.5 Å². The van der Waals surface area contributed by atoms with Gasteiger partial charge in [0.2, 0.25) is 0 Å². The van der Waals surface area contributed by atoms with E-state index in [0.717, 1.165) is 17.9 Å². The Labute approximate surface area is 156 Å². The van der Waals surface area contributed by atoms with Gasteiger partial charge in [0.1, 0.15) is 11.5 Å². The van der Waals surface area contributed by atoms with Crippen LogP contribution in [0, 0.1) is 0 Å². The minimum atomic E-state index is 0.263. The molecule has 0 saturated heterocycles. The second-order valence-corrected chi connectivity index (χ2v) is 6.69. The number of hydrogen-bond acceptors (Lipinski definition) is 3. The van der Waals surface area contributed by atoms with Gasteiger partial charge in [-0.25, -0.2) is 0 Å². The van der Waals surface area contributed by atoms with E-state index >= 15 is 0 Å². The maximum absolute atomic E-state index is 6.08. The molecule has 0 amide bonds. The molecule has 0 fully saturated rings. The van der Waals surface area contributed by atoms with Crippen molar-refractivity contribution in [2.45, 2.75) is 12.3 Å². The first-order valence-electron chi connectivity index (χ1n) is 8.95. The smallest absolute Gasteiger partial charge is 0.127 e. The van der Waals surface area contributed by atoms with Crippen molar-refractivity contribution in [1.82, 2.24) is 0 Å². The Morgan fingerprint density at radius 1 is 0.846 bits per heavy atom. The van der Waals surface area contributed by atoms with E-state index in [1.54, 1.807) is 0 Å². The van der Waals surface area contributed by atoms with Gasteiger partial charge < -0.3 is 15.4 Å². The number of rotatable bonds is 7. The number of nitrogens with zero attached hydrogens (tertiary/aromatic N) is 1. The van der Waals surface area contributed by atoms with Gasteiger partial charge in [0.25, 0.3) is 0 Å². The van der Waals surface area contributed by atoms with Gasteiger partial charge in [-0.3, -0.25) is 0 Å². The van der Waals surface area contributed by atoms with Gasteiger partial charge in [-0.05, 0) is 60.5 Å². The van der Waals surface area contributed by atoms with Crippen LogP contribution in [0.4, 0.5) is 5.69 Å². The molecule has 134 valence electrons. The summed E-state index contributed by atoms with van der Waals surface area (Å²) >= 11 is 0. The normalized spacial score (nSPS) is 11.8. The molecule has 1 unspecified atom stereocenters. The molecule has 3 aromatic rings. The molecule has 0 aliphatic heterocycles. The first kappa shape index (κ1) is 18.0. The molecule has 0 bridgehead atoms. The molecule has 3 rings (SSSR count). The lowest BCUT2D eigenvalue weighted by Crippen LogP contribution is -2.15. The molecular formula is C23H26N2O. The summed E-state index contributed by atoms with van der Waals surface area (Å²) in [5, 5.41) is 0. The van der Waals surface area contributed by atoms with E-state index in [0.29, 0.717) is 6.54 Å². The third kappa shape index (κ3) is 4.64. The van der Waals surface area contributed by atoms with Crippen LogP contribution >= 0.6 is 0 Å². The Balaban J connectivity index is 1.74. The van der Waals surface area contributed by atoms with E-state index < -0.39 is 0 Å². The molecule has 2 N–H and O–H groups in total. The Morgan fingerprint density at radius 2 is 1.54 bits per heavy atom. The molecule has 3 nitrogen and oxygen atoms in total. The molecule has 0 spiro atoms. The highest BCUT2D eigenvalue weighted by Gasteiger charge is 2.12. The molecule has 3 aromatic carbocycles. The van der Waals surface area contributed by atoms with Crippen molar-refractivity contribution in [3.63, 3.8) is 0 Å². The summed E-state index contributed by atoms with van der Waals surface area (Å²) in [5.74, 6) is 1.95. The van der Waals surface area contributed by atoms with E-state index in [-0.39, 0.29) is 5.92 Å². The Morgan fingerprint density at radius 3 is 2.19 bits per heavy atom. The van der Waals surface area contributed by atoms with Crippen molar-refractivity contribution in [3.05, 3.63) is 90.0 Å². The first-order chi connectivity index (χ1) is 12.7. The van der Waals surface area contributed by atoms with Gasteiger partial charge in [0.15, 0.2) is 0 Å². The monoisotopic (exact) mass is 346 g/mol. The van der Waals surface area contributed by atoms with Gasteiger partial charge in [-0.15, -0.1) is 0 Å². The molecule has 0 saturated carbocycles.